The highest BCUT2D eigenvalue weighted by molar-refractivity contribution is 4.78. The molecule has 19 heavy (non-hydrogen) atoms. The first-order chi connectivity index (χ1) is 8.92. The van der Waals surface area contributed by atoms with Crippen LogP contribution in [0.15, 0.2) is 0 Å². The summed E-state index contributed by atoms with van der Waals surface area (Å²) in [6.07, 6.45) is 5.65. The van der Waals surface area contributed by atoms with Gasteiger partial charge in [-0.2, -0.15) is 0 Å². The highest BCUT2D eigenvalue weighted by Gasteiger charge is 2.25. The molecule has 0 spiro atoms. The van der Waals surface area contributed by atoms with Crippen LogP contribution in [0.25, 0.3) is 0 Å². The van der Waals surface area contributed by atoms with E-state index < -0.39 is 0 Å². The minimum atomic E-state index is 0.259. The van der Waals surface area contributed by atoms with Crippen molar-refractivity contribution in [1.29, 1.82) is 0 Å². The summed E-state index contributed by atoms with van der Waals surface area (Å²) in [5.74, 6) is 0.720. The Morgan fingerprint density at radius 2 is 1.95 bits per heavy atom. The van der Waals surface area contributed by atoms with Crippen molar-refractivity contribution in [2.45, 2.75) is 65.0 Å². The number of hydrogen-bond donors (Lipinski definition) is 1. The number of methoxy groups -OCH3 is 1. The largest absolute Gasteiger partial charge is 0.380 e. The number of nitrogens with one attached hydrogen (secondary N) is 1. The van der Waals surface area contributed by atoms with Crippen LogP contribution in [0.5, 0.6) is 0 Å². The summed E-state index contributed by atoms with van der Waals surface area (Å²) >= 11 is 0. The van der Waals surface area contributed by atoms with Gasteiger partial charge < -0.3 is 15.0 Å². The van der Waals surface area contributed by atoms with E-state index in [1.54, 1.807) is 0 Å². The SMILES string of the molecule is COC1CN(CCCCCNC(C)(C)C)CCC1C. The van der Waals surface area contributed by atoms with Crippen LogP contribution in [0.2, 0.25) is 0 Å². The van der Waals surface area contributed by atoms with Gasteiger partial charge in [-0.1, -0.05) is 13.3 Å². The van der Waals surface area contributed by atoms with Gasteiger partial charge in [0.05, 0.1) is 6.10 Å². The van der Waals surface area contributed by atoms with Crippen LogP contribution in [-0.2, 0) is 4.74 Å². The zero-order chi connectivity index (χ0) is 14.3. The van der Waals surface area contributed by atoms with Gasteiger partial charge in [0.2, 0.25) is 0 Å². The Balaban J connectivity index is 2.04. The number of hydrogen-bond acceptors (Lipinski definition) is 3. The molecule has 2 unspecified atom stereocenters. The van der Waals surface area contributed by atoms with Crippen molar-refractivity contribution in [1.82, 2.24) is 10.2 Å². The lowest BCUT2D eigenvalue weighted by Gasteiger charge is -2.36. The third kappa shape index (κ3) is 7.28. The van der Waals surface area contributed by atoms with Gasteiger partial charge in [-0.05, 0) is 65.6 Å². The van der Waals surface area contributed by atoms with Crippen LogP contribution < -0.4 is 5.32 Å². The Bertz CT molecular complexity index is 237. The van der Waals surface area contributed by atoms with Crippen molar-refractivity contribution in [2.75, 3.05) is 33.3 Å². The number of likely N-dealkylation sites (tertiary alicyclic amines) is 1. The molecule has 0 aliphatic carbocycles. The molecule has 0 saturated carbocycles. The van der Waals surface area contributed by atoms with Gasteiger partial charge in [-0.3, -0.25) is 0 Å². The fraction of sp³-hybridized carbons (Fsp3) is 1.00. The predicted molar refractivity (Wildman–Crippen MR) is 82.6 cm³/mol. The van der Waals surface area contributed by atoms with Crippen LogP contribution in [0.4, 0.5) is 0 Å². The van der Waals surface area contributed by atoms with Crippen LogP contribution in [-0.4, -0.2) is 49.8 Å². The van der Waals surface area contributed by atoms with Gasteiger partial charge in [-0.25, -0.2) is 0 Å². The Morgan fingerprint density at radius 3 is 2.58 bits per heavy atom. The molecule has 1 heterocycles. The normalized spacial score (nSPS) is 25.7. The number of piperidine rings is 1. The summed E-state index contributed by atoms with van der Waals surface area (Å²) < 4.78 is 5.56. The molecule has 1 saturated heterocycles. The molecule has 1 fully saturated rings. The summed E-state index contributed by atoms with van der Waals surface area (Å²) in [4.78, 5) is 2.57. The molecule has 3 heteroatoms. The molecular weight excluding hydrogens is 236 g/mol. The number of unbranched alkanes of at least 4 members (excludes halogenated alkanes) is 2. The summed E-state index contributed by atoms with van der Waals surface area (Å²) in [5.41, 5.74) is 0.259. The van der Waals surface area contributed by atoms with E-state index in [-0.39, 0.29) is 5.54 Å². The quantitative estimate of drug-likeness (QED) is 0.720. The smallest absolute Gasteiger partial charge is 0.0724 e. The summed E-state index contributed by atoms with van der Waals surface area (Å²) in [7, 11) is 1.85. The molecule has 0 aromatic rings. The van der Waals surface area contributed by atoms with Crippen molar-refractivity contribution in [3.63, 3.8) is 0 Å². The maximum absolute atomic E-state index is 5.56. The zero-order valence-electron chi connectivity index (χ0n) is 13.7. The third-order valence-corrected chi connectivity index (χ3v) is 4.08. The summed E-state index contributed by atoms with van der Waals surface area (Å²) in [6.45, 7) is 13.7. The predicted octanol–water partition coefficient (Wildman–Crippen LogP) is 2.90. The number of nitrogens with zero attached hydrogens (tertiary/aromatic N) is 1. The lowest BCUT2D eigenvalue weighted by atomic mass is 9.95. The Kier molecular flexibility index (Phi) is 7.33. The third-order valence-electron chi connectivity index (χ3n) is 4.08. The minimum absolute atomic E-state index is 0.259. The van der Waals surface area contributed by atoms with Gasteiger partial charge in [0, 0.05) is 19.2 Å². The fourth-order valence-corrected chi connectivity index (χ4v) is 2.71. The molecule has 1 aliphatic rings. The highest BCUT2D eigenvalue weighted by atomic mass is 16.5. The van der Waals surface area contributed by atoms with Crippen LogP contribution in [0, 0.1) is 5.92 Å². The standard InChI is InChI=1S/C16H34N2O/c1-14-9-12-18(13-15(14)19-5)11-8-6-7-10-17-16(2,3)4/h14-15,17H,6-13H2,1-5H3. The molecule has 0 aromatic carbocycles. The van der Waals surface area contributed by atoms with Crippen molar-refractivity contribution < 1.29 is 4.74 Å². The maximum atomic E-state index is 5.56. The van der Waals surface area contributed by atoms with Gasteiger partial charge in [0.25, 0.3) is 0 Å². The van der Waals surface area contributed by atoms with Crippen molar-refractivity contribution in [3.8, 4) is 0 Å². The van der Waals surface area contributed by atoms with Crippen LogP contribution >= 0.6 is 0 Å². The van der Waals surface area contributed by atoms with Gasteiger partial charge in [-0.15, -0.1) is 0 Å². The molecule has 1 aliphatic heterocycles. The molecule has 0 radical (unpaired) electrons. The van der Waals surface area contributed by atoms with Gasteiger partial charge in [0.15, 0.2) is 0 Å². The average molecular weight is 270 g/mol. The molecule has 114 valence electrons. The lowest BCUT2D eigenvalue weighted by molar-refractivity contribution is -0.00525. The molecule has 2 atom stereocenters. The second kappa shape index (κ2) is 8.23. The second-order valence-corrected chi connectivity index (χ2v) is 7.08. The minimum Gasteiger partial charge on any atom is -0.380 e. The Morgan fingerprint density at radius 1 is 1.21 bits per heavy atom. The van der Waals surface area contributed by atoms with E-state index in [2.05, 4.69) is 37.9 Å². The van der Waals surface area contributed by atoms with Crippen LogP contribution in [0.1, 0.15) is 53.4 Å². The molecule has 1 rings (SSSR count). The highest BCUT2D eigenvalue weighted by Crippen LogP contribution is 2.19. The van der Waals surface area contributed by atoms with E-state index >= 15 is 0 Å². The molecule has 0 amide bonds. The van der Waals surface area contributed by atoms with Gasteiger partial charge >= 0.3 is 0 Å². The number of ether oxygens (including phenoxy) is 1. The molecule has 3 nitrogen and oxygen atoms in total. The number of rotatable bonds is 7. The lowest BCUT2D eigenvalue weighted by Crippen LogP contribution is -2.44. The van der Waals surface area contributed by atoms with Crippen molar-refractivity contribution >= 4 is 0 Å². The van der Waals surface area contributed by atoms with Crippen molar-refractivity contribution in [3.05, 3.63) is 0 Å². The monoisotopic (exact) mass is 270 g/mol. The first-order valence-corrected chi connectivity index (χ1v) is 7.92. The second-order valence-electron chi connectivity index (χ2n) is 7.08. The van der Waals surface area contributed by atoms with E-state index in [1.807, 2.05) is 7.11 Å². The molecule has 0 bridgehead atoms. The van der Waals surface area contributed by atoms with Crippen LogP contribution in [0.3, 0.4) is 0 Å². The maximum Gasteiger partial charge on any atom is 0.0724 e. The topological polar surface area (TPSA) is 24.5 Å². The summed E-state index contributed by atoms with van der Waals surface area (Å²) in [5, 5.41) is 3.55. The molecule has 1 N–H and O–H groups in total. The van der Waals surface area contributed by atoms with Crippen molar-refractivity contribution in [2.24, 2.45) is 5.92 Å². The zero-order valence-corrected chi connectivity index (χ0v) is 13.7. The van der Waals surface area contributed by atoms with E-state index in [0.717, 1.165) is 19.0 Å². The molecular formula is C16H34N2O. The van der Waals surface area contributed by atoms with E-state index in [0.29, 0.717) is 6.10 Å². The summed E-state index contributed by atoms with van der Waals surface area (Å²) in [6, 6.07) is 0. The first kappa shape index (κ1) is 16.9. The Labute approximate surface area is 120 Å². The Hall–Kier alpha value is -0.120. The van der Waals surface area contributed by atoms with E-state index in [1.165, 1.54) is 38.8 Å². The van der Waals surface area contributed by atoms with E-state index in [9.17, 15) is 0 Å². The average Bonchev–Trinajstić information content (AvgIpc) is 2.34. The molecule has 0 aromatic heterocycles. The fourth-order valence-electron chi connectivity index (χ4n) is 2.71. The first-order valence-electron chi connectivity index (χ1n) is 7.92. The van der Waals surface area contributed by atoms with E-state index in [4.69, 9.17) is 4.74 Å². The van der Waals surface area contributed by atoms with Gasteiger partial charge in [0.1, 0.15) is 0 Å².